The number of aromatic nitrogens is 1. The molecule has 26 heavy (non-hydrogen) atoms. The number of nitrogens with zero attached hydrogens (tertiary/aromatic N) is 1. The first-order chi connectivity index (χ1) is 12.5. The molecule has 0 aliphatic carbocycles. The van der Waals surface area contributed by atoms with Gasteiger partial charge in [0.2, 0.25) is 18.4 Å². The van der Waals surface area contributed by atoms with Crippen molar-refractivity contribution in [1.29, 1.82) is 0 Å². The lowest BCUT2D eigenvalue weighted by Gasteiger charge is -2.11. The molecule has 0 saturated carbocycles. The smallest absolute Gasteiger partial charge is 0.231 e. The second-order valence-corrected chi connectivity index (χ2v) is 6.15. The highest BCUT2D eigenvalue weighted by atomic mass is 16.7. The fraction of sp³-hybridized carbons (Fsp3) is 0.200. The van der Waals surface area contributed by atoms with Crippen molar-refractivity contribution < 1.29 is 19.0 Å². The van der Waals surface area contributed by atoms with Gasteiger partial charge in [-0.2, -0.15) is 0 Å². The lowest BCUT2D eigenvalue weighted by molar-refractivity contribution is -0.114. The minimum atomic E-state index is -0.113. The third-order valence-electron chi connectivity index (χ3n) is 4.29. The topological polar surface area (TPSA) is 69.7 Å². The summed E-state index contributed by atoms with van der Waals surface area (Å²) in [6.45, 7) is 3.70. The predicted octanol–water partition coefficient (Wildman–Crippen LogP) is 3.91. The highest BCUT2D eigenvalue weighted by molar-refractivity contribution is 5.93. The zero-order valence-electron chi connectivity index (χ0n) is 14.8. The monoisotopic (exact) mass is 350 g/mol. The third kappa shape index (κ3) is 2.79. The van der Waals surface area contributed by atoms with Crippen molar-refractivity contribution in [3.05, 3.63) is 42.0 Å². The molecule has 0 atom stereocenters. The molecule has 1 N–H and O–H groups in total. The Morgan fingerprint density at radius 2 is 2.04 bits per heavy atom. The molecule has 132 valence electrons. The SMILES string of the molecule is COc1cc(-c2cc(C)c3ccc(NC(C)=O)cc3n2)cc2c1OCO2. The van der Waals surface area contributed by atoms with Gasteiger partial charge in [0, 0.05) is 23.6 Å². The van der Waals surface area contributed by atoms with E-state index in [1.54, 1.807) is 7.11 Å². The van der Waals surface area contributed by atoms with Gasteiger partial charge in [-0.05, 0) is 42.8 Å². The molecular formula is C20H18N2O4. The van der Waals surface area contributed by atoms with Crippen molar-refractivity contribution in [2.24, 2.45) is 0 Å². The molecule has 3 aromatic rings. The molecule has 6 heteroatoms. The van der Waals surface area contributed by atoms with Gasteiger partial charge in [0.25, 0.3) is 0 Å². The molecule has 0 unspecified atom stereocenters. The summed E-state index contributed by atoms with van der Waals surface area (Å²) in [7, 11) is 1.60. The van der Waals surface area contributed by atoms with Crippen molar-refractivity contribution in [3.8, 4) is 28.5 Å². The summed E-state index contributed by atoms with van der Waals surface area (Å²) in [5.41, 5.74) is 4.30. The number of fused-ring (bicyclic) bond motifs is 2. The Bertz CT molecular complexity index is 1030. The van der Waals surface area contributed by atoms with Crippen molar-refractivity contribution in [1.82, 2.24) is 4.98 Å². The summed E-state index contributed by atoms with van der Waals surface area (Å²) >= 11 is 0. The molecule has 1 aliphatic heterocycles. The summed E-state index contributed by atoms with van der Waals surface area (Å²) < 4.78 is 16.4. The minimum Gasteiger partial charge on any atom is -0.493 e. The number of nitrogens with one attached hydrogen (secondary N) is 1. The van der Waals surface area contributed by atoms with E-state index >= 15 is 0 Å². The molecule has 6 nitrogen and oxygen atoms in total. The van der Waals surface area contributed by atoms with E-state index in [0.29, 0.717) is 17.2 Å². The van der Waals surface area contributed by atoms with Crippen molar-refractivity contribution >= 4 is 22.5 Å². The molecule has 0 fully saturated rings. The number of aryl methyl sites for hydroxylation is 1. The number of carbonyl (C=O) groups is 1. The van der Waals surface area contributed by atoms with E-state index in [1.807, 2.05) is 43.3 Å². The largest absolute Gasteiger partial charge is 0.493 e. The van der Waals surface area contributed by atoms with Crippen LogP contribution in [0.5, 0.6) is 17.2 Å². The van der Waals surface area contributed by atoms with Gasteiger partial charge in [-0.25, -0.2) is 4.98 Å². The maximum absolute atomic E-state index is 11.3. The number of amides is 1. The molecule has 2 heterocycles. The molecular weight excluding hydrogens is 332 g/mol. The molecule has 1 aliphatic rings. The van der Waals surface area contributed by atoms with Crippen LogP contribution in [0, 0.1) is 6.92 Å². The van der Waals surface area contributed by atoms with E-state index in [2.05, 4.69) is 5.32 Å². The number of hydrogen-bond acceptors (Lipinski definition) is 5. The number of ether oxygens (including phenoxy) is 3. The zero-order chi connectivity index (χ0) is 18.3. The normalized spacial score (nSPS) is 12.3. The van der Waals surface area contributed by atoms with Crippen LogP contribution in [0.3, 0.4) is 0 Å². The van der Waals surface area contributed by atoms with Crippen molar-refractivity contribution in [2.75, 3.05) is 19.2 Å². The number of methoxy groups -OCH3 is 1. The quantitative estimate of drug-likeness (QED) is 0.776. The third-order valence-corrected chi connectivity index (χ3v) is 4.29. The zero-order valence-corrected chi connectivity index (χ0v) is 14.8. The van der Waals surface area contributed by atoms with Gasteiger partial charge >= 0.3 is 0 Å². The summed E-state index contributed by atoms with van der Waals surface area (Å²) in [6.07, 6.45) is 0. The van der Waals surface area contributed by atoms with Gasteiger partial charge in [-0.3, -0.25) is 4.79 Å². The van der Waals surface area contributed by atoms with Crippen LogP contribution >= 0.6 is 0 Å². The number of rotatable bonds is 3. The molecule has 4 rings (SSSR count). The average Bonchev–Trinajstić information content (AvgIpc) is 3.08. The summed E-state index contributed by atoms with van der Waals surface area (Å²) in [5.74, 6) is 1.76. The number of anilines is 1. The van der Waals surface area contributed by atoms with Crippen molar-refractivity contribution in [2.45, 2.75) is 13.8 Å². The summed E-state index contributed by atoms with van der Waals surface area (Å²) in [4.78, 5) is 16.1. The van der Waals surface area contributed by atoms with Gasteiger partial charge in [0.15, 0.2) is 11.5 Å². The Morgan fingerprint density at radius 3 is 2.81 bits per heavy atom. The number of hydrogen-bond donors (Lipinski definition) is 1. The van der Waals surface area contributed by atoms with E-state index in [4.69, 9.17) is 19.2 Å². The van der Waals surface area contributed by atoms with E-state index < -0.39 is 0 Å². The van der Waals surface area contributed by atoms with Crippen LogP contribution in [0.25, 0.3) is 22.2 Å². The number of carbonyl (C=O) groups excluding carboxylic acids is 1. The molecule has 1 amide bonds. The first-order valence-corrected chi connectivity index (χ1v) is 8.22. The van der Waals surface area contributed by atoms with Crippen LogP contribution in [-0.2, 0) is 4.79 Å². The maximum Gasteiger partial charge on any atom is 0.231 e. The van der Waals surface area contributed by atoms with E-state index in [1.165, 1.54) is 6.92 Å². The van der Waals surface area contributed by atoms with Crippen LogP contribution < -0.4 is 19.5 Å². The van der Waals surface area contributed by atoms with Crippen LogP contribution in [0.15, 0.2) is 36.4 Å². The Kier molecular flexibility index (Phi) is 3.88. The fourth-order valence-corrected chi connectivity index (χ4v) is 3.11. The van der Waals surface area contributed by atoms with E-state index in [9.17, 15) is 4.79 Å². The Labute approximate surface area is 150 Å². The standard InChI is InChI=1S/C20H18N2O4/c1-11-6-16(13-7-18(24-3)20-19(8-13)25-10-26-20)22-17-9-14(21-12(2)23)4-5-15(11)17/h4-9H,10H2,1-3H3,(H,21,23). The number of pyridine rings is 1. The first-order valence-electron chi connectivity index (χ1n) is 8.22. The van der Waals surface area contributed by atoms with Gasteiger partial charge in [-0.15, -0.1) is 0 Å². The molecule has 0 radical (unpaired) electrons. The van der Waals surface area contributed by atoms with Crippen LogP contribution in [-0.4, -0.2) is 24.8 Å². The fourth-order valence-electron chi connectivity index (χ4n) is 3.11. The van der Waals surface area contributed by atoms with Crippen LogP contribution in [0.2, 0.25) is 0 Å². The Hall–Kier alpha value is -3.28. The van der Waals surface area contributed by atoms with E-state index in [0.717, 1.165) is 33.4 Å². The highest BCUT2D eigenvalue weighted by Crippen LogP contribution is 2.44. The second kappa shape index (κ2) is 6.22. The maximum atomic E-state index is 11.3. The lowest BCUT2D eigenvalue weighted by Crippen LogP contribution is -2.05. The Morgan fingerprint density at radius 1 is 1.19 bits per heavy atom. The highest BCUT2D eigenvalue weighted by Gasteiger charge is 2.21. The molecule has 0 saturated heterocycles. The second-order valence-electron chi connectivity index (χ2n) is 6.15. The van der Waals surface area contributed by atoms with Gasteiger partial charge in [0.1, 0.15) is 0 Å². The average molecular weight is 350 g/mol. The van der Waals surface area contributed by atoms with Gasteiger partial charge < -0.3 is 19.5 Å². The number of benzene rings is 2. The first kappa shape index (κ1) is 16.2. The van der Waals surface area contributed by atoms with Gasteiger partial charge in [-0.1, -0.05) is 6.07 Å². The van der Waals surface area contributed by atoms with Crippen LogP contribution in [0.4, 0.5) is 5.69 Å². The molecule has 1 aromatic heterocycles. The summed E-state index contributed by atoms with van der Waals surface area (Å²) in [5, 5.41) is 3.83. The van der Waals surface area contributed by atoms with Gasteiger partial charge in [0.05, 0.1) is 18.3 Å². The van der Waals surface area contributed by atoms with Crippen molar-refractivity contribution in [3.63, 3.8) is 0 Å². The summed E-state index contributed by atoms with van der Waals surface area (Å²) in [6, 6.07) is 11.5. The van der Waals surface area contributed by atoms with E-state index in [-0.39, 0.29) is 12.7 Å². The van der Waals surface area contributed by atoms with Crippen LogP contribution in [0.1, 0.15) is 12.5 Å². The predicted molar refractivity (Wildman–Crippen MR) is 98.9 cm³/mol. The Balaban J connectivity index is 1.85. The molecule has 0 spiro atoms. The molecule has 2 aromatic carbocycles. The minimum absolute atomic E-state index is 0.113. The lowest BCUT2D eigenvalue weighted by atomic mass is 10.0. The molecule has 0 bridgehead atoms.